The van der Waals surface area contributed by atoms with E-state index < -0.39 is 11.4 Å². The lowest BCUT2D eigenvalue weighted by atomic mass is 9.89. The fourth-order valence-corrected chi connectivity index (χ4v) is 3.53. The third-order valence-electron chi connectivity index (χ3n) is 3.35. The number of nitrogens with one attached hydrogen (secondary N) is 1. The molecule has 18 heavy (non-hydrogen) atoms. The Kier molecular flexibility index (Phi) is 2.73. The fraction of sp³-hybridized carbons (Fsp3) is 0.417. The molecule has 0 amide bonds. The summed E-state index contributed by atoms with van der Waals surface area (Å²) in [5, 5.41) is 10.7. The molecule has 0 spiro atoms. The highest BCUT2D eigenvalue weighted by molar-refractivity contribution is 7.99. The van der Waals surface area contributed by atoms with Gasteiger partial charge in [0.25, 0.3) is 0 Å². The number of aromatic nitrogens is 1. The number of aromatic amines is 1. The van der Waals surface area contributed by atoms with Crippen LogP contribution in [0.4, 0.5) is 0 Å². The second kappa shape index (κ2) is 4.15. The first-order valence-corrected chi connectivity index (χ1v) is 6.84. The number of oxazole rings is 1. The molecule has 0 radical (unpaired) electrons. The number of hydrogen-bond donors (Lipinski definition) is 3. The van der Waals surface area contributed by atoms with Crippen LogP contribution in [-0.2, 0) is 5.60 Å². The van der Waals surface area contributed by atoms with Crippen molar-refractivity contribution in [2.75, 3.05) is 12.3 Å². The summed E-state index contributed by atoms with van der Waals surface area (Å²) >= 11 is 1.66. The van der Waals surface area contributed by atoms with Crippen molar-refractivity contribution in [1.82, 2.24) is 4.98 Å². The molecule has 3 rings (SSSR count). The molecule has 96 valence electrons. The number of aliphatic hydroxyl groups is 1. The zero-order chi connectivity index (χ0) is 12.8. The molecule has 1 aliphatic rings. The topological polar surface area (TPSA) is 92.2 Å². The van der Waals surface area contributed by atoms with Crippen LogP contribution in [0.5, 0.6) is 0 Å². The van der Waals surface area contributed by atoms with E-state index in [9.17, 15) is 9.90 Å². The van der Waals surface area contributed by atoms with Crippen LogP contribution in [-0.4, -0.2) is 22.4 Å². The molecule has 1 unspecified atom stereocenters. The van der Waals surface area contributed by atoms with Gasteiger partial charge in [-0.1, -0.05) is 0 Å². The fourth-order valence-electron chi connectivity index (χ4n) is 2.43. The van der Waals surface area contributed by atoms with Gasteiger partial charge in [-0.25, -0.2) is 4.79 Å². The molecule has 0 aliphatic carbocycles. The highest BCUT2D eigenvalue weighted by Gasteiger charge is 2.35. The van der Waals surface area contributed by atoms with Gasteiger partial charge in [-0.15, -0.1) is 11.8 Å². The largest absolute Gasteiger partial charge is 0.417 e. The highest BCUT2D eigenvalue weighted by Crippen LogP contribution is 2.41. The Hall–Kier alpha value is -1.24. The molecule has 1 aliphatic heterocycles. The summed E-state index contributed by atoms with van der Waals surface area (Å²) in [5.41, 5.74) is 6.31. The van der Waals surface area contributed by atoms with E-state index in [0.29, 0.717) is 23.1 Å². The molecule has 0 bridgehead atoms. The van der Waals surface area contributed by atoms with Gasteiger partial charge in [-0.05, 0) is 30.7 Å². The zero-order valence-corrected chi connectivity index (χ0v) is 10.5. The third-order valence-corrected chi connectivity index (χ3v) is 4.49. The summed E-state index contributed by atoms with van der Waals surface area (Å²) in [7, 11) is 0. The van der Waals surface area contributed by atoms with Crippen LogP contribution < -0.4 is 11.5 Å². The van der Waals surface area contributed by atoms with E-state index in [1.54, 1.807) is 17.8 Å². The summed E-state index contributed by atoms with van der Waals surface area (Å²) < 4.78 is 5.18. The Morgan fingerprint density at radius 1 is 1.56 bits per heavy atom. The van der Waals surface area contributed by atoms with Crippen LogP contribution in [0.1, 0.15) is 18.4 Å². The van der Waals surface area contributed by atoms with Crippen LogP contribution >= 0.6 is 11.8 Å². The molecule has 0 fully saturated rings. The van der Waals surface area contributed by atoms with Crippen molar-refractivity contribution < 1.29 is 9.52 Å². The van der Waals surface area contributed by atoms with Crippen molar-refractivity contribution in [3.63, 3.8) is 0 Å². The average molecular weight is 266 g/mol. The molecule has 6 heteroatoms. The van der Waals surface area contributed by atoms with Crippen LogP contribution in [0, 0.1) is 0 Å². The first-order valence-electron chi connectivity index (χ1n) is 5.85. The Morgan fingerprint density at radius 2 is 2.39 bits per heavy atom. The van der Waals surface area contributed by atoms with Gasteiger partial charge in [0.15, 0.2) is 5.58 Å². The minimum Gasteiger partial charge on any atom is -0.407 e. The lowest BCUT2D eigenvalue weighted by molar-refractivity contribution is 0.0351. The number of hydrogen-bond acceptors (Lipinski definition) is 5. The van der Waals surface area contributed by atoms with Crippen LogP contribution in [0.3, 0.4) is 0 Å². The predicted molar refractivity (Wildman–Crippen MR) is 69.7 cm³/mol. The maximum atomic E-state index is 11.3. The summed E-state index contributed by atoms with van der Waals surface area (Å²) in [4.78, 5) is 14.9. The van der Waals surface area contributed by atoms with Gasteiger partial charge < -0.3 is 15.3 Å². The molecule has 1 atom stereocenters. The summed E-state index contributed by atoms with van der Waals surface area (Å²) in [6, 6.07) is 3.70. The highest BCUT2D eigenvalue weighted by atomic mass is 32.2. The van der Waals surface area contributed by atoms with Crippen molar-refractivity contribution in [2.24, 2.45) is 5.73 Å². The average Bonchev–Trinajstić information content (AvgIpc) is 2.64. The molecule has 0 saturated carbocycles. The third kappa shape index (κ3) is 1.68. The van der Waals surface area contributed by atoms with Gasteiger partial charge in [-0.3, -0.25) is 4.98 Å². The van der Waals surface area contributed by atoms with E-state index in [2.05, 4.69) is 4.98 Å². The minimum atomic E-state index is -1.11. The molecular formula is C12H14N2O3S. The molecule has 2 aromatic rings. The van der Waals surface area contributed by atoms with E-state index in [4.69, 9.17) is 10.2 Å². The second-order valence-corrected chi connectivity index (χ2v) is 5.65. The number of nitrogens with two attached hydrogens (primary N) is 1. The van der Waals surface area contributed by atoms with Crippen molar-refractivity contribution in [2.45, 2.75) is 23.3 Å². The molecule has 0 saturated heterocycles. The molecule has 5 nitrogen and oxygen atoms in total. The van der Waals surface area contributed by atoms with Crippen molar-refractivity contribution in [3.05, 3.63) is 28.2 Å². The molecule has 2 heterocycles. The van der Waals surface area contributed by atoms with Gasteiger partial charge in [0, 0.05) is 17.0 Å². The van der Waals surface area contributed by atoms with Gasteiger partial charge in [0.05, 0.1) is 5.52 Å². The lowest BCUT2D eigenvalue weighted by Gasteiger charge is -2.26. The van der Waals surface area contributed by atoms with E-state index in [1.807, 2.05) is 6.07 Å². The quantitative estimate of drug-likeness (QED) is 0.720. The Bertz CT molecular complexity index is 648. The molecular weight excluding hydrogens is 252 g/mol. The van der Waals surface area contributed by atoms with E-state index in [1.165, 1.54) is 0 Å². The van der Waals surface area contributed by atoms with E-state index >= 15 is 0 Å². The summed E-state index contributed by atoms with van der Waals surface area (Å²) in [5.74, 6) is 0.419. The maximum absolute atomic E-state index is 11.3. The maximum Gasteiger partial charge on any atom is 0.417 e. The smallest absolute Gasteiger partial charge is 0.407 e. The number of benzene rings is 1. The molecule has 4 N–H and O–H groups in total. The van der Waals surface area contributed by atoms with Gasteiger partial charge >= 0.3 is 5.76 Å². The normalized spacial score (nSPS) is 23.9. The van der Waals surface area contributed by atoms with Crippen molar-refractivity contribution >= 4 is 22.9 Å². The van der Waals surface area contributed by atoms with Gasteiger partial charge in [0.2, 0.25) is 0 Å². The molecule has 1 aromatic heterocycles. The second-order valence-electron chi connectivity index (χ2n) is 4.52. The summed E-state index contributed by atoms with van der Waals surface area (Å²) in [6.45, 7) is 0.120. The Balaban J connectivity index is 2.36. The van der Waals surface area contributed by atoms with E-state index in [-0.39, 0.29) is 6.54 Å². The number of rotatable bonds is 1. The summed E-state index contributed by atoms with van der Waals surface area (Å²) in [6.07, 6.45) is 1.46. The van der Waals surface area contributed by atoms with Crippen LogP contribution in [0.15, 0.2) is 26.2 Å². The zero-order valence-electron chi connectivity index (χ0n) is 9.73. The lowest BCUT2D eigenvalue weighted by Crippen LogP contribution is -2.35. The van der Waals surface area contributed by atoms with Crippen molar-refractivity contribution in [1.29, 1.82) is 0 Å². The minimum absolute atomic E-state index is 0.120. The SMILES string of the molecule is NCC1(O)CCCSc2ccc3[nH]c(=O)oc3c21. The standard InChI is InChI=1S/C12H14N2O3S/c13-6-12(16)4-1-5-18-8-3-2-7-10(9(8)12)17-11(15)14-7/h2-3,16H,1,4-6,13H2,(H,14,15). The Morgan fingerprint density at radius 3 is 3.17 bits per heavy atom. The van der Waals surface area contributed by atoms with Crippen molar-refractivity contribution in [3.8, 4) is 0 Å². The van der Waals surface area contributed by atoms with Gasteiger partial charge in [-0.2, -0.15) is 0 Å². The first-order chi connectivity index (χ1) is 8.64. The van der Waals surface area contributed by atoms with E-state index in [0.717, 1.165) is 17.1 Å². The van der Waals surface area contributed by atoms with Gasteiger partial charge in [0.1, 0.15) is 5.60 Å². The monoisotopic (exact) mass is 266 g/mol. The number of fused-ring (bicyclic) bond motifs is 3. The number of thioether (sulfide) groups is 1. The Labute approximate surface area is 107 Å². The first kappa shape index (κ1) is 11.8. The molecule has 1 aromatic carbocycles. The number of H-pyrrole nitrogens is 1. The van der Waals surface area contributed by atoms with Crippen LogP contribution in [0.25, 0.3) is 11.1 Å². The predicted octanol–water partition coefficient (Wildman–Crippen LogP) is 1.15. The van der Waals surface area contributed by atoms with Crippen LogP contribution in [0.2, 0.25) is 0 Å².